The van der Waals surface area contributed by atoms with Gasteiger partial charge in [0.25, 0.3) is 0 Å². The fraction of sp³-hybridized carbons (Fsp3) is 0.562. The Morgan fingerprint density at radius 2 is 1.59 bits per heavy atom. The van der Waals surface area contributed by atoms with E-state index in [1.54, 1.807) is 0 Å². The van der Waals surface area contributed by atoms with E-state index in [0.29, 0.717) is 0 Å². The molecule has 0 saturated carbocycles. The molecule has 0 saturated heterocycles. The van der Waals surface area contributed by atoms with Crippen LogP contribution >= 0.6 is 0 Å². The Kier molecular flexibility index (Phi) is 7.53. The Hall–Kier alpha value is -0.980. The van der Waals surface area contributed by atoms with Crippen molar-refractivity contribution in [1.29, 1.82) is 0 Å². The third-order valence-electron chi connectivity index (χ3n) is 2.98. The molecule has 1 aromatic carbocycles. The van der Waals surface area contributed by atoms with E-state index in [4.69, 9.17) is 4.74 Å². The summed E-state index contributed by atoms with van der Waals surface area (Å²) in [4.78, 5) is 0. The average Bonchev–Trinajstić information content (AvgIpc) is 2.38. The fourth-order valence-corrected chi connectivity index (χ4v) is 1.82. The van der Waals surface area contributed by atoms with Gasteiger partial charge in [-0.2, -0.15) is 0 Å². The molecule has 1 heteroatoms. The van der Waals surface area contributed by atoms with Crippen molar-refractivity contribution in [3.8, 4) is 5.75 Å². The highest BCUT2D eigenvalue weighted by Crippen LogP contribution is 2.13. The maximum atomic E-state index is 5.69. The number of hydrogen-bond acceptors (Lipinski definition) is 1. The summed E-state index contributed by atoms with van der Waals surface area (Å²) in [6.45, 7) is 6.95. The van der Waals surface area contributed by atoms with Crippen molar-refractivity contribution in [2.24, 2.45) is 0 Å². The van der Waals surface area contributed by atoms with E-state index in [-0.39, 0.29) is 0 Å². The summed E-state index contributed by atoms with van der Waals surface area (Å²) in [7, 11) is 0. The van der Waals surface area contributed by atoms with Gasteiger partial charge in [-0.1, -0.05) is 51.2 Å². The summed E-state index contributed by atoms with van der Waals surface area (Å²) in [5, 5.41) is 0. The van der Waals surface area contributed by atoms with Crippen molar-refractivity contribution in [2.75, 3.05) is 6.61 Å². The standard InChI is InChI=1S/C16H25O/c1-3-5-6-7-8-9-14-17-16-12-10-15(4-2)11-13-16/h10-13H,2-9,14H2,1H3. The first-order valence-corrected chi connectivity index (χ1v) is 6.87. The van der Waals surface area contributed by atoms with Gasteiger partial charge < -0.3 is 4.74 Å². The van der Waals surface area contributed by atoms with Gasteiger partial charge in [0.05, 0.1) is 6.61 Å². The molecular weight excluding hydrogens is 208 g/mol. The molecule has 0 fully saturated rings. The summed E-state index contributed by atoms with van der Waals surface area (Å²) >= 11 is 0. The molecule has 95 valence electrons. The van der Waals surface area contributed by atoms with Gasteiger partial charge >= 0.3 is 0 Å². The maximum Gasteiger partial charge on any atom is 0.119 e. The predicted octanol–water partition coefficient (Wildman–Crippen LogP) is 4.80. The van der Waals surface area contributed by atoms with Gasteiger partial charge in [0.1, 0.15) is 5.75 Å². The van der Waals surface area contributed by atoms with Crippen LogP contribution in [-0.4, -0.2) is 6.61 Å². The molecule has 1 nitrogen and oxygen atoms in total. The highest BCUT2D eigenvalue weighted by atomic mass is 16.5. The summed E-state index contributed by atoms with van der Waals surface area (Å²) in [5.74, 6) is 0.982. The summed E-state index contributed by atoms with van der Waals surface area (Å²) in [6, 6.07) is 8.25. The van der Waals surface area contributed by atoms with Gasteiger partial charge in [0.2, 0.25) is 0 Å². The zero-order valence-electron chi connectivity index (χ0n) is 11.1. The van der Waals surface area contributed by atoms with E-state index in [1.807, 2.05) is 12.1 Å². The number of ether oxygens (including phenoxy) is 1. The monoisotopic (exact) mass is 233 g/mol. The molecule has 0 N–H and O–H groups in total. The Labute approximate surface area is 106 Å². The van der Waals surface area contributed by atoms with Crippen molar-refractivity contribution in [3.63, 3.8) is 0 Å². The first-order valence-electron chi connectivity index (χ1n) is 6.87. The molecule has 0 atom stereocenters. The Bertz CT molecular complexity index is 276. The zero-order chi connectivity index (χ0) is 12.3. The van der Waals surface area contributed by atoms with Crippen LogP contribution in [0.25, 0.3) is 0 Å². The van der Waals surface area contributed by atoms with Crippen LogP contribution in [0.15, 0.2) is 24.3 Å². The second-order valence-corrected chi connectivity index (χ2v) is 4.51. The molecule has 0 aliphatic carbocycles. The van der Waals surface area contributed by atoms with Crippen molar-refractivity contribution >= 4 is 0 Å². The van der Waals surface area contributed by atoms with Crippen LogP contribution in [0.3, 0.4) is 0 Å². The number of hydrogen-bond donors (Lipinski definition) is 0. The molecule has 0 aliphatic heterocycles. The van der Waals surface area contributed by atoms with E-state index in [2.05, 4.69) is 26.0 Å². The number of benzene rings is 1. The normalized spacial score (nSPS) is 10.5. The van der Waals surface area contributed by atoms with Crippen LogP contribution in [0.2, 0.25) is 0 Å². The molecule has 17 heavy (non-hydrogen) atoms. The van der Waals surface area contributed by atoms with Crippen molar-refractivity contribution in [2.45, 2.75) is 51.9 Å². The van der Waals surface area contributed by atoms with Gasteiger partial charge in [-0.25, -0.2) is 0 Å². The molecule has 0 aliphatic rings. The Balaban J connectivity index is 2.05. The van der Waals surface area contributed by atoms with Gasteiger partial charge in [-0.15, -0.1) is 0 Å². The minimum absolute atomic E-state index is 0.843. The van der Waals surface area contributed by atoms with Gasteiger partial charge in [-0.05, 0) is 37.5 Å². The minimum Gasteiger partial charge on any atom is -0.494 e. The zero-order valence-corrected chi connectivity index (χ0v) is 11.1. The third kappa shape index (κ3) is 6.35. The van der Waals surface area contributed by atoms with Crippen LogP contribution in [0, 0.1) is 6.92 Å². The highest BCUT2D eigenvalue weighted by molar-refractivity contribution is 5.27. The SMILES string of the molecule is [CH2]Cc1ccc(OCCCCCCCC)cc1. The van der Waals surface area contributed by atoms with Crippen LogP contribution in [0.4, 0.5) is 0 Å². The van der Waals surface area contributed by atoms with Gasteiger partial charge in [-0.3, -0.25) is 0 Å². The molecule has 0 aromatic heterocycles. The Morgan fingerprint density at radius 3 is 2.24 bits per heavy atom. The first-order chi connectivity index (χ1) is 8.36. The van der Waals surface area contributed by atoms with Crippen molar-refractivity contribution < 1.29 is 4.74 Å². The topological polar surface area (TPSA) is 9.23 Å². The second kappa shape index (κ2) is 9.09. The summed E-state index contributed by atoms with van der Waals surface area (Å²) < 4.78 is 5.69. The lowest BCUT2D eigenvalue weighted by atomic mass is 10.1. The first kappa shape index (κ1) is 14.1. The molecule has 1 aromatic rings. The van der Waals surface area contributed by atoms with E-state index >= 15 is 0 Å². The summed E-state index contributed by atoms with van der Waals surface area (Å²) in [5.41, 5.74) is 1.26. The minimum atomic E-state index is 0.843. The van der Waals surface area contributed by atoms with Crippen molar-refractivity contribution in [1.82, 2.24) is 0 Å². The van der Waals surface area contributed by atoms with E-state index in [9.17, 15) is 0 Å². The molecule has 0 unspecified atom stereocenters. The highest BCUT2D eigenvalue weighted by Gasteiger charge is 1.95. The van der Waals surface area contributed by atoms with Gasteiger partial charge in [0, 0.05) is 0 Å². The van der Waals surface area contributed by atoms with Gasteiger partial charge in [0.15, 0.2) is 0 Å². The van der Waals surface area contributed by atoms with E-state index in [0.717, 1.165) is 18.8 Å². The Morgan fingerprint density at radius 1 is 0.941 bits per heavy atom. The molecule has 0 amide bonds. The lowest BCUT2D eigenvalue weighted by Gasteiger charge is -2.06. The molecule has 0 bridgehead atoms. The van der Waals surface area contributed by atoms with Crippen LogP contribution in [0.1, 0.15) is 51.0 Å². The van der Waals surface area contributed by atoms with E-state index in [1.165, 1.54) is 44.1 Å². The number of rotatable bonds is 9. The molecule has 0 heterocycles. The smallest absolute Gasteiger partial charge is 0.119 e. The molecule has 1 rings (SSSR count). The second-order valence-electron chi connectivity index (χ2n) is 4.51. The average molecular weight is 233 g/mol. The predicted molar refractivity (Wildman–Crippen MR) is 74.4 cm³/mol. The fourth-order valence-electron chi connectivity index (χ4n) is 1.82. The molecule has 1 radical (unpaired) electrons. The van der Waals surface area contributed by atoms with Crippen LogP contribution < -0.4 is 4.74 Å². The van der Waals surface area contributed by atoms with E-state index < -0.39 is 0 Å². The van der Waals surface area contributed by atoms with Crippen LogP contribution in [-0.2, 0) is 6.42 Å². The lowest BCUT2D eigenvalue weighted by molar-refractivity contribution is 0.304. The summed E-state index contributed by atoms with van der Waals surface area (Å²) in [6.07, 6.45) is 8.70. The largest absolute Gasteiger partial charge is 0.494 e. The number of unbranched alkanes of at least 4 members (excludes halogenated alkanes) is 5. The third-order valence-corrected chi connectivity index (χ3v) is 2.98. The lowest BCUT2D eigenvalue weighted by Crippen LogP contribution is -1.97. The maximum absolute atomic E-state index is 5.69. The van der Waals surface area contributed by atoms with Crippen LogP contribution in [0.5, 0.6) is 5.75 Å². The molecular formula is C16H25O. The molecule has 0 spiro atoms. The quantitative estimate of drug-likeness (QED) is 0.556. The van der Waals surface area contributed by atoms with Crippen molar-refractivity contribution in [3.05, 3.63) is 36.8 Å².